The summed E-state index contributed by atoms with van der Waals surface area (Å²) in [6.07, 6.45) is 1.74. The van der Waals surface area contributed by atoms with E-state index in [0.29, 0.717) is 13.0 Å². The molecule has 1 amide bonds. The van der Waals surface area contributed by atoms with Crippen LogP contribution in [0.25, 0.3) is 0 Å². The Balaban J connectivity index is 2.13. The Kier molecular flexibility index (Phi) is 5.81. The fourth-order valence-electron chi connectivity index (χ4n) is 2.45. The number of carbonyl (C=O) groups is 1. The Morgan fingerprint density at radius 1 is 1.32 bits per heavy atom. The first-order valence-electron chi connectivity index (χ1n) is 7.76. The maximum atomic E-state index is 12.6. The maximum Gasteiger partial charge on any atom is 0.516 e. The highest BCUT2D eigenvalue weighted by molar-refractivity contribution is 7.93. The summed E-state index contributed by atoms with van der Waals surface area (Å²) in [6, 6.07) is 5.64. The summed E-state index contributed by atoms with van der Waals surface area (Å²) in [5, 5.41) is 0. The van der Waals surface area contributed by atoms with E-state index >= 15 is 0 Å². The summed E-state index contributed by atoms with van der Waals surface area (Å²) in [5.74, 6) is 0. The lowest BCUT2D eigenvalue weighted by molar-refractivity contribution is -0.0429. The molecule has 1 saturated heterocycles. The Hall–Kier alpha value is -1.97. The number of unbranched alkanes of at least 4 members (excludes halogenated alkanes) is 1. The zero-order chi connectivity index (χ0) is 18.7. The molecule has 0 spiro atoms. The highest BCUT2D eigenvalue weighted by atomic mass is 32.2. The van der Waals surface area contributed by atoms with Crippen LogP contribution in [0.15, 0.2) is 24.3 Å². The Bertz CT molecular complexity index is 722. The van der Waals surface area contributed by atoms with E-state index in [1.54, 1.807) is 6.07 Å². The number of para-hydroxylation sites is 1. The average molecular weight is 380 g/mol. The van der Waals surface area contributed by atoms with Crippen molar-refractivity contribution in [2.45, 2.75) is 44.3 Å². The molecule has 0 aromatic heterocycles. The van der Waals surface area contributed by atoms with Crippen molar-refractivity contribution < 1.29 is 31.1 Å². The number of alkyl halides is 3. The number of halogens is 3. The molecule has 6 nitrogen and oxygen atoms in total. The normalized spacial score (nSPS) is 18.3. The fourth-order valence-corrected chi connectivity index (χ4v) is 3.06. The fraction of sp³-hybridized carbons (Fsp3) is 0.533. The van der Waals surface area contributed by atoms with Crippen LogP contribution in [0.1, 0.15) is 31.7 Å². The third-order valence-electron chi connectivity index (χ3n) is 3.76. The van der Waals surface area contributed by atoms with Crippen LogP contribution < -0.4 is 4.72 Å². The van der Waals surface area contributed by atoms with Gasteiger partial charge in [0.1, 0.15) is 6.10 Å². The van der Waals surface area contributed by atoms with Gasteiger partial charge in [0.25, 0.3) is 0 Å². The van der Waals surface area contributed by atoms with E-state index < -0.39 is 21.6 Å². The van der Waals surface area contributed by atoms with E-state index in [1.165, 1.54) is 27.8 Å². The number of hydrogen-bond acceptors (Lipinski definition) is 4. The molecule has 1 aromatic rings. The molecule has 0 radical (unpaired) electrons. The van der Waals surface area contributed by atoms with Crippen LogP contribution >= 0.6 is 0 Å². The Morgan fingerprint density at radius 2 is 2.00 bits per heavy atom. The molecule has 1 N–H and O–H groups in total. The molecule has 1 aromatic carbocycles. The van der Waals surface area contributed by atoms with E-state index in [4.69, 9.17) is 4.74 Å². The molecule has 1 atom stereocenters. The molecule has 2 rings (SSSR count). The number of rotatable bonds is 7. The molecule has 25 heavy (non-hydrogen) atoms. The van der Waals surface area contributed by atoms with Crippen LogP contribution in [0.3, 0.4) is 0 Å². The van der Waals surface area contributed by atoms with Crippen molar-refractivity contribution in [3.63, 3.8) is 0 Å². The van der Waals surface area contributed by atoms with Crippen molar-refractivity contribution in [2.75, 3.05) is 11.3 Å². The molecule has 1 heterocycles. The van der Waals surface area contributed by atoms with E-state index in [9.17, 15) is 26.4 Å². The molecular formula is C15H19F3N2O4S. The summed E-state index contributed by atoms with van der Waals surface area (Å²) in [6.45, 7) is 2.29. The van der Waals surface area contributed by atoms with Crippen molar-refractivity contribution >= 4 is 21.8 Å². The van der Waals surface area contributed by atoms with E-state index in [-0.39, 0.29) is 23.9 Å². The van der Waals surface area contributed by atoms with Gasteiger partial charge in [-0.3, -0.25) is 4.72 Å². The highest BCUT2D eigenvalue weighted by Crippen LogP contribution is 2.28. The van der Waals surface area contributed by atoms with Crippen LogP contribution in [-0.4, -0.2) is 37.6 Å². The summed E-state index contributed by atoms with van der Waals surface area (Å²) < 4.78 is 67.0. The number of benzene rings is 1. The van der Waals surface area contributed by atoms with Crippen LogP contribution in [-0.2, 0) is 21.3 Å². The predicted octanol–water partition coefficient (Wildman–Crippen LogP) is 3.46. The lowest BCUT2D eigenvalue weighted by atomic mass is 10.1. The van der Waals surface area contributed by atoms with Gasteiger partial charge in [0.15, 0.2) is 0 Å². The first-order valence-corrected chi connectivity index (χ1v) is 9.25. The van der Waals surface area contributed by atoms with Gasteiger partial charge in [0.05, 0.1) is 18.8 Å². The van der Waals surface area contributed by atoms with Crippen molar-refractivity contribution in [3.05, 3.63) is 29.8 Å². The van der Waals surface area contributed by atoms with Gasteiger partial charge in [-0.1, -0.05) is 31.5 Å². The van der Waals surface area contributed by atoms with Crippen molar-refractivity contribution in [3.8, 4) is 0 Å². The summed E-state index contributed by atoms with van der Waals surface area (Å²) in [4.78, 5) is 13.2. The second-order valence-electron chi connectivity index (χ2n) is 5.74. The smallest absolute Gasteiger partial charge is 0.444 e. The third-order valence-corrected chi connectivity index (χ3v) is 4.86. The van der Waals surface area contributed by atoms with Crippen LogP contribution in [0.2, 0.25) is 0 Å². The molecule has 140 valence electrons. The minimum Gasteiger partial charge on any atom is -0.444 e. The van der Waals surface area contributed by atoms with Crippen LogP contribution in [0, 0.1) is 0 Å². The number of anilines is 1. The summed E-state index contributed by atoms with van der Waals surface area (Å²) >= 11 is 0. The van der Waals surface area contributed by atoms with Gasteiger partial charge < -0.3 is 9.64 Å². The number of nitrogens with one attached hydrogen (secondary N) is 1. The minimum atomic E-state index is -5.53. The monoisotopic (exact) mass is 380 g/mol. The SMILES string of the molecule is CCCCC1CN(Cc2ccccc2NS(=O)(=O)C(F)(F)F)C(=O)O1. The quantitative estimate of drug-likeness (QED) is 0.786. The maximum absolute atomic E-state index is 12.6. The van der Waals surface area contributed by atoms with Gasteiger partial charge in [-0.05, 0) is 24.5 Å². The lowest BCUT2D eigenvalue weighted by Gasteiger charge is -2.17. The van der Waals surface area contributed by atoms with E-state index in [2.05, 4.69) is 0 Å². The minimum absolute atomic E-state index is 0.0436. The molecule has 0 bridgehead atoms. The van der Waals surface area contributed by atoms with Crippen molar-refractivity contribution in [1.82, 2.24) is 4.90 Å². The zero-order valence-electron chi connectivity index (χ0n) is 13.5. The van der Waals surface area contributed by atoms with Gasteiger partial charge in [-0.15, -0.1) is 0 Å². The van der Waals surface area contributed by atoms with Crippen LogP contribution in [0.5, 0.6) is 0 Å². The van der Waals surface area contributed by atoms with Crippen molar-refractivity contribution in [1.29, 1.82) is 0 Å². The summed E-state index contributed by atoms with van der Waals surface area (Å²) in [7, 11) is -5.53. The molecule has 1 aliphatic rings. The van der Waals surface area contributed by atoms with Crippen LogP contribution in [0.4, 0.5) is 23.7 Å². The number of hydrogen-bond donors (Lipinski definition) is 1. The third kappa shape index (κ3) is 4.77. The highest BCUT2D eigenvalue weighted by Gasteiger charge is 2.46. The molecule has 1 fully saturated rings. The molecule has 1 aliphatic heterocycles. The van der Waals surface area contributed by atoms with Gasteiger partial charge >= 0.3 is 21.6 Å². The topological polar surface area (TPSA) is 75.7 Å². The van der Waals surface area contributed by atoms with Gasteiger partial charge in [0.2, 0.25) is 0 Å². The van der Waals surface area contributed by atoms with E-state index in [1.807, 2.05) is 6.92 Å². The summed E-state index contributed by atoms with van der Waals surface area (Å²) in [5.41, 5.74) is -5.38. The average Bonchev–Trinajstić information content (AvgIpc) is 2.86. The second kappa shape index (κ2) is 7.51. The number of ether oxygens (including phenoxy) is 1. The predicted molar refractivity (Wildman–Crippen MR) is 85.2 cm³/mol. The number of carbonyl (C=O) groups excluding carboxylic acids is 1. The first kappa shape index (κ1) is 19.4. The first-order chi connectivity index (χ1) is 11.6. The van der Waals surface area contributed by atoms with Gasteiger partial charge in [-0.2, -0.15) is 21.6 Å². The van der Waals surface area contributed by atoms with E-state index in [0.717, 1.165) is 12.8 Å². The Morgan fingerprint density at radius 3 is 2.64 bits per heavy atom. The molecule has 10 heteroatoms. The number of cyclic esters (lactones) is 1. The second-order valence-corrected chi connectivity index (χ2v) is 7.41. The zero-order valence-corrected chi connectivity index (χ0v) is 14.4. The molecule has 0 saturated carbocycles. The van der Waals surface area contributed by atoms with Gasteiger partial charge in [0, 0.05) is 0 Å². The largest absolute Gasteiger partial charge is 0.516 e. The lowest BCUT2D eigenvalue weighted by Crippen LogP contribution is -2.31. The standard InChI is InChI=1S/C15H19F3N2O4S/c1-2-3-7-12-10-20(14(21)24-12)9-11-6-4-5-8-13(11)19-25(22,23)15(16,17)18/h4-6,8,12,19H,2-3,7,9-10H2,1H3. The molecular weight excluding hydrogens is 361 g/mol. The molecule has 1 unspecified atom stereocenters. The molecule has 0 aliphatic carbocycles. The van der Waals surface area contributed by atoms with Crippen molar-refractivity contribution in [2.24, 2.45) is 0 Å². The number of sulfonamides is 1. The number of amides is 1. The number of nitrogens with zero attached hydrogens (tertiary/aromatic N) is 1. The Labute approximate surface area is 144 Å². The van der Waals surface area contributed by atoms with Gasteiger partial charge in [-0.25, -0.2) is 4.79 Å².